The van der Waals surface area contributed by atoms with Crippen LogP contribution in [0, 0.1) is 6.92 Å². The summed E-state index contributed by atoms with van der Waals surface area (Å²) in [5.41, 5.74) is 3.48. The standard InChI is InChI=1S/C19H17N5O6S/c1-11-6-8-12(9-7-11)16(25)22-23-17(26)13-4-2-3-5-14(13)24-31(29,30)15-10-20-19(28)21-18(15)27/h2-10,24H,1H3,(H,22,25)(H,23,26)(H2,20,21,27,28). The van der Waals surface area contributed by atoms with Crippen LogP contribution in [0.25, 0.3) is 0 Å². The van der Waals surface area contributed by atoms with Crippen LogP contribution in [0.15, 0.2) is 69.2 Å². The number of hydrogen-bond acceptors (Lipinski definition) is 6. The first kappa shape index (κ1) is 21.5. The number of aryl methyl sites for hydroxylation is 1. The van der Waals surface area contributed by atoms with Gasteiger partial charge in [-0.25, -0.2) is 13.2 Å². The van der Waals surface area contributed by atoms with Crippen molar-refractivity contribution in [2.45, 2.75) is 11.8 Å². The lowest BCUT2D eigenvalue weighted by molar-refractivity contribution is 0.0847. The van der Waals surface area contributed by atoms with Crippen molar-refractivity contribution in [2.75, 3.05) is 4.72 Å². The molecule has 160 valence electrons. The van der Waals surface area contributed by atoms with Crippen LogP contribution in [0.5, 0.6) is 0 Å². The summed E-state index contributed by atoms with van der Waals surface area (Å²) in [6.45, 7) is 1.86. The second-order valence-corrected chi connectivity index (χ2v) is 8.01. The molecule has 0 unspecified atom stereocenters. The Bertz CT molecular complexity index is 1360. The molecule has 0 aliphatic heterocycles. The van der Waals surface area contributed by atoms with Gasteiger partial charge in [0.05, 0.1) is 11.3 Å². The van der Waals surface area contributed by atoms with Crippen LogP contribution in [0.4, 0.5) is 5.69 Å². The number of hydrazine groups is 1. The van der Waals surface area contributed by atoms with E-state index in [1.807, 2.05) is 11.9 Å². The fourth-order valence-electron chi connectivity index (χ4n) is 2.52. The molecule has 31 heavy (non-hydrogen) atoms. The van der Waals surface area contributed by atoms with Crippen LogP contribution in [-0.4, -0.2) is 30.2 Å². The minimum absolute atomic E-state index is 0.115. The van der Waals surface area contributed by atoms with E-state index in [9.17, 15) is 27.6 Å². The number of benzene rings is 2. The molecule has 11 nitrogen and oxygen atoms in total. The molecule has 0 aliphatic carbocycles. The van der Waals surface area contributed by atoms with Gasteiger partial charge in [-0.05, 0) is 31.2 Å². The molecule has 5 N–H and O–H groups in total. The van der Waals surface area contributed by atoms with Gasteiger partial charge >= 0.3 is 5.69 Å². The maximum atomic E-state index is 12.5. The number of hydrogen-bond donors (Lipinski definition) is 5. The first-order chi connectivity index (χ1) is 14.7. The van der Waals surface area contributed by atoms with E-state index >= 15 is 0 Å². The van der Waals surface area contributed by atoms with E-state index in [1.54, 1.807) is 24.3 Å². The molecule has 0 bridgehead atoms. The first-order valence-corrected chi connectivity index (χ1v) is 10.3. The molecular formula is C19H17N5O6S. The lowest BCUT2D eigenvalue weighted by atomic mass is 10.1. The van der Waals surface area contributed by atoms with E-state index in [0.717, 1.165) is 11.8 Å². The van der Waals surface area contributed by atoms with Crippen molar-refractivity contribution in [3.63, 3.8) is 0 Å². The molecule has 0 atom stereocenters. The Morgan fingerprint density at radius 3 is 2.23 bits per heavy atom. The highest BCUT2D eigenvalue weighted by molar-refractivity contribution is 7.92. The van der Waals surface area contributed by atoms with Crippen molar-refractivity contribution >= 4 is 27.5 Å². The minimum atomic E-state index is -4.43. The number of nitrogens with one attached hydrogen (secondary N) is 5. The Hall–Kier alpha value is -4.19. The summed E-state index contributed by atoms with van der Waals surface area (Å²) in [6.07, 6.45) is 0.744. The van der Waals surface area contributed by atoms with Crippen LogP contribution < -0.4 is 26.8 Å². The molecule has 3 aromatic rings. The topological polar surface area (TPSA) is 170 Å². The van der Waals surface area contributed by atoms with Crippen LogP contribution in [0.3, 0.4) is 0 Å². The Morgan fingerprint density at radius 1 is 0.903 bits per heavy atom. The monoisotopic (exact) mass is 443 g/mol. The van der Waals surface area contributed by atoms with Crippen LogP contribution in [-0.2, 0) is 10.0 Å². The van der Waals surface area contributed by atoms with Gasteiger partial charge in [-0.3, -0.25) is 34.9 Å². The molecule has 1 heterocycles. The Morgan fingerprint density at radius 2 is 1.55 bits per heavy atom. The number of amides is 2. The average Bonchev–Trinajstić information content (AvgIpc) is 2.72. The highest BCUT2D eigenvalue weighted by Crippen LogP contribution is 2.18. The maximum Gasteiger partial charge on any atom is 0.325 e. The summed E-state index contributed by atoms with van der Waals surface area (Å²) < 4.78 is 27.2. The van der Waals surface area contributed by atoms with Crippen molar-refractivity contribution < 1.29 is 18.0 Å². The van der Waals surface area contributed by atoms with Gasteiger partial charge < -0.3 is 4.98 Å². The van der Waals surface area contributed by atoms with Gasteiger partial charge in [0, 0.05) is 11.8 Å². The number of aromatic nitrogens is 2. The largest absolute Gasteiger partial charge is 0.325 e. The van der Waals surface area contributed by atoms with Crippen LogP contribution in [0.1, 0.15) is 26.3 Å². The minimum Gasteiger partial charge on any atom is -0.313 e. The SMILES string of the molecule is Cc1ccc(C(=O)NNC(=O)c2ccccc2NS(=O)(=O)c2c[nH]c(=O)[nH]c2=O)cc1. The molecule has 0 aliphatic rings. The van der Waals surface area contributed by atoms with E-state index in [4.69, 9.17) is 0 Å². The number of sulfonamides is 1. The second kappa shape index (κ2) is 8.67. The van der Waals surface area contributed by atoms with Crippen molar-refractivity contribution in [1.82, 2.24) is 20.8 Å². The summed E-state index contributed by atoms with van der Waals surface area (Å²) in [6, 6.07) is 12.2. The van der Waals surface area contributed by atoms with E-state index < -0.39 is 38.0 Å². The molecule has 0 saturated carbocycles. The Kier molecular flexibility index (Phi) is 6.02. The zero-order valence-electron chi connectivity index (χ0n) is 16.1. The third-order valence-electron chi connectivity index (χ3n) is 4.09. The molecular weight excluding hydrogens is 426 g/mol. The molecule has 3 rings (SSSR count). The lowest BCUT2D eigenvalue weighted by Gasteiger charge is -2.13. The van der Waals surface area contributed by atoms with Crippen LogP contribution in [0.2, 0.25) is 0 Å². The van der Waals surface area contributed by atoms with Gasteiger partial charge in [-0.1, -0.05) is 29.8 Å². The van der Waals surface area contributed by atoms with Gasteiger partial charge in [-0.15, -0.1) is 0 Å². The van der Waals surface area contributed by atoms with Crippen LogP contribution >= 0.6 is 0 Å². The smallest absolute Gasteiger partial charge is 0.313 e. The van der Waals surface area contributed by atoms with Gasteiger partial charge in [0.1, 0.15) is 0 Å². The Labute approximate surface area is 175 Å². The molecule has 2 aromatic carbocycles. The number of aromatic amines is 2. The highest BCUT2D eigenvalue weighted by atomic mass is 32.2. The van der Waals surface area contributed by atoms with E-state index in [-0.39, 0.29) is 11.3 Å². The molecule has 1 aromatic heterocycles. The van der Waals surface area contributed by atoms with E-state index in [2.05, 4.69) is 20.6 Å². The average molecular weight is 443 g/mol. The third-order valence-corrected chi connectivity index (χ3v) is 5.46. The maximum absolute atomic E-state index is 12.5. The van der Waals surface area contributed by atoms with Gasteiger partial charge in [0.2, 0.25) is 0 Å². The molecule has 12 heteroatoms. The zero-order valence-corrected chi connectivity index (χ0v) is 16.9. The van der Waals surface area contributed by atoms with Gasteiger partial charge in [0.15, 0.2) is 4.90 Å². The number of H-pyrrole nitrogens is 2. The van der Waals surface area contributed by atoms with Crippen molar-refractivity contribution in [3.8, 4) is 0 Å². The second-order valence-electron chi connectivity index (χ2n) is 6.36. The quantitative estimate of drug-likeness (QED) is 0.354. The number of carbonyl (C=O) groups excluding carboxylic acids is 2. The zero-order chi connectivity index (χ0) is 22.6. The third kappa shape index (κ3) is 5.05. The van der Waals surface area contributed by atoms with Gasteiger partial charge in [-0.2, -0.15) is 0 Å². The molecule has 0 fully saturated rings. The molecule has 0 saturated heterocycles. The number of anilines is 1. The van der Waals surface area contributed by atoms with Crippen molar-refractivity contribution in [1.29, 1.82) is 0 Å². The lowest BCUT2D eigenvalue weighted by Crippen LogP contribution is -2.42. The summed E-state index contributed by atoms with van der Waals surface area (Å²) in [4.78, 5) is 50.7. The number of carbonyl (C=O) groups is 2. The predicted octanol–water partition coefficient (Wildman–Crippen LogP) is 0.247. The normalized spacial score (nSPS) is 10.9. The summed E-state index contributed by atoms with van der Waals surface area (Å²) in [5, 5.41) is 0. The Balaban J connectivity index is 1.78. The number of rotatable bonds is 5. The summed E-state index contributed by atoms with van der Waals surface area (Å²) in [7, 11) is -4.43. The predicted molar refractivity (Wildman–Crippen MR) is 111 cm³/mol. The fraction of sp³-hybridized carbons (Fsp3) is 0.0526. The number of para-hydroxylation sites is 1. The first-order valence-electron chi connectivity index (χ1n) is 8.78. The van der Waals surface area contributed by atoms with Crippen molar-refractivity contribution in [3.05, 3.63) is 92.3 Å². The fourth-order valence-corrected chi connectivity index (χ4v) is 3.61. The van der Waals surface area contributed by atoms with Crippen molar-refractivity contribution in [2.24, 2.45) is 0 Å². The molecule has 0 radical (unpaired) electrons. The van der Waals surface area contributed by atoms with E-state index in [0.29, 0.717) is 5.56 Å². The van der Waals surface area contributed by atoms with Gasteiger partial charge in [0.25, 0.3) is 27.4 Å². The molecule has 2 amide bonds. The molecule has 0 spiro atoms. The summed E-state index contributed by atoms with van der Waals surface area (Å²) >= 11 is 0. The summed E-state index contributed by atoms with van der Waals surface area (Å²) in [5.74, 6) is -1.36. The highest BCUT2D eigenvalue weighted by Gasteiger charge is 2.22. The van der Waals surface area contributed by atoms with E-state index in [1.165, 1.54) is 24.3 Å².